The van der Waals surface area contributed by atoms with Gasteiger partial charge < -0.3 is 13.6 Å². The van der Waals surface area contributed by atoms with Crippen LogP contribution in [-0.4, -0.2) is 9.13 Å². The summed E-state index contributed by atoms with van der Waals surface area (Å²) in [4.78, 5) is 0. The second-order valence-electron chi connectivity index (χ2n) is 12.4. The van der Waals surface area contributed by atoms with Crippen LogP contribution < -0.4 is 0 Å². The van der Waals surface area contributed by atoms with Gasteiger partial charge in [0.1, 0.15) is 5.76 Å². The second kappa shape index (κ2) is 11.3. The second-order valence-corrected chi connectivity index (χ2v) is 12.4. The lowest BCUT2D eigenvalue weighted by molar-refractivity contribution is 0.603. The SMILES string of the molecule is C=C/C=C\c1oc2c(ccc3c4cc(-c5c(C#N)cccc5-n5c6ccccc6c6cc(C#N)ccc65)ccc4n(-c4ccccc4)c32)c1C. The van der Waals surface area contributed by atoms with Crippen LogP contribution in [0.5, 0.6) is 0 Å². The number of hydrogen-bond donors (Lipinski definition) is 0. The first-order valence-corrected chi connectivity index (χ1v) is 16.4. The Morgan fingerprint density at radius 3 is 2.22 bits per heavy atom. The number of aromatic nitrogens is 2. The maximum atomic E-state index is 10.5. The van der Waals surface area contributed by atoms with Crippen LogP contribution in [0.4, 0.5) is 0 Å². The Balaban J connectivity index is 1.37. The summed E-state index contributed by atoms with van der Waals surface area (Å²) in [6, 6.07) is 45.9. The van der Waals surface area contributed by atoms with Crippen molar-refractivity contribution in [3.63, 3.8) is 0 Å². The zero-order chi connectivity index (χ0) is 33.9. The van der Waals surface area contributed by atoms with E-state index in [1.807, 2.05) is 72.8 Å². The zero-order valence-electron chi connectivity index (χ0n) is 27.2. The third-order valence-electron chi connectivity index (χ3n) is 9.76. The highest BCUT2D eigenvalue weighted by molar-refractivity contribution is 6.19. The number of furan rings is 1. The summed E-state index contributed by atoms with van der Waals surface area (Å²) in [6.07, 6.45) is 5.60. The monoisotopic (exact) mass is 640 g/mol. The van der Waals surface area contributed by atoms with Gasteiger partial charge >= 0.3 is 0 Å². The molecule has 0 N–H and O–H groups in total. The summed E-state index contributed by atoms with van der Waals surface area (Å²) in [5.74, 6) is 0.804. The Bertz CT molecular complexity index is 2970. The van der Waals surface area contributed by atoms with Crippen LogP contribution in [0.15, 0.2) is 144 Å². The van der Waals surface area contributed by atoms with Gasteiger partial charge in [0.05, 0.1) is 51.0 Å². The maximum Gasteiger partial charge on any atom is 0.159 e. The number of aryl methyl sites for hydroxylation is 1. The molecule has 9 aromatic rings. The van der Waals surface area contributed by atoms with Gasteiger partial charge in [0.15, 0.2) is 5.58 Å². The van der Waals surface area contributed by atoms with Crippen molar-refractivity contribution in [1.29, 1.82) is 10.5 Å². The lowest BCUT2D eigenvalue weighted by Crippen LogP contribution is -1.99. The van der Waals surface area contributed by atoms with Crippen molar-refractivity contribution in [2.75, 3.05) is 0 Å². The summed E-state index contributed by atoms with van der Waals surface area (Å²) in [7, 11) is 0. The minimum atomic E-state index is 0.580. The lowest BCUT2D eigenvalue weighted by Gasteiger charge is -2.16. The van der Waals surface area contributed by atoms with E-state index in [-0.39, 0.29) is 0 Å². The highest BCUT2D eigenvalue weighted by Gasteiger charge is 2.22. The molecule has 0 spiro atoms. The highest BCUT2D eigenvalue weighted by Crippen LogP contribution is 2.43. The van der Waals surface area contributed by atoms with Gasteiger partial charge in [0.2, 0.25) is 0 Å². The Morgan fingerprint density at radius 1 is 0.660 bits per heavy atom. The molecule has 0 radical (unpaired) electrons. The van der Waals surface area contributed by atoms with Gasteiger partial charge in [0, 0.05) is 43.7 Å². The molecule has 9 rings (SSSR count). The minimum Gasteiger partial charge on any atom is -0.454 e. The standard InChI is InChI=1S/C45H28N4O/c1-3-4-17-42-28(2)33-20-21-35-37-25-30(19-23-39(37)48(44(35)45(33)50-42)32-12-6-5-7-13-32)43-31(27-47)11-10-16-41(43)49-38-15-9-8-14-34(38)36-24-29(26-46)18-22-40(36)49/h3-25H,1H2,2H3/b17-4-. The molecule has 6 aromatic carbocycles. The average Bonchev–Trinajstić information content (AvgIpc) is 3.80. The van der Waals surface area contributed by atoms with E-state index in [1.165, 1.54) is 0 Å². The number of benzene rings is 6. The molecule has 0 unspecified atom stereocenters. The number of hydrogen-bond acceptors (Lipinski definition) is 3. The smallest absolute Gasteiger partial charge is 0.159 e. The van der Waals surface area contributed by atoms with Gasteiger partial charge in [-0.1, -0.05) is 79.4 Å². The Morgan fingerprint density at radius 2 is 1.40 bits per heavy atom. The molecule has 0 atom stereocenters. The quantitative estimate of drug-likeness (QED) is 0.176. The van der Waals surface area contributed by atoms with Gasteiger partial charge in [-0.3, -0.25) is 0 Å². The number of para-hydroxylation sites is 2. The van der Waals surface area contributed by atoms with Crippen molar-refractivity contribution in [2.45, 2.75) is 6.92 Å². The predicted molar refractivity (Wildman–Crippen MR) is 204 cm³/mol. The molecular weight excluding hydrogens is 613 g/mol. The topological polar surface area (TPSA) is 70.6 Å². The summed E-state index contributed by atoms with van der Waals surface area (Å²) in [5.41, 5.74) is 10.8. The molecule has 0 bridgehead atoms. The van der Waals surface area contributed by atoms with E-state index >= 15 is 0 Å². The third kappa shape index (κ3) is 4.18. The first-order valence-electron chi connectivity index (χ1n) is 16.4. The minimum absolute atomic E-state index is 0.580. The van der Waals surface area contributed by atoms with E-state index in [4.69, 9.17) is 4.42 Å². The maximum absolute atomic E-state index is 10.5. The van der Waals surface area contributed by atoms with E-state index in [0.717, 1.165) is 88.4 Å². The van der Waals surface area contributed by atoms with Crippen LogP contribution in [0.1, 0.15) is 22.5 Å². The van der Waals surface area contributed by atoms with Crippen molar-refractivity contribution in [1.82, 2.24) is 9.13 Å². The molecule has 0 saturated carbocycles. The fourth-order valence-electron chi connectivity index (χ4n) is 7.54. The van der Waals surface area contributed by atoms with E-state index in [9.17, 15) is 10.5 Å². The number of rotatable bonds is 5. The van der Waals surface area contributed by atoms with Gasteiger partial charge in [-0.15, -0.1) is 0 Å². The first kappa shape index (κ1) is 29.1. The van der Waals surface area contributed by atoms with E-state index in [0.29, 0.717) is 11.1 Å². The fraction of sp³-hybridized carbons (Fsp3) is 0.0222. The van der Waals surface area contributed by atoms with Crippen LogP contribution in [0.3, 0.4) is 0 Å². The van der Waals surface area contributed by atoms with Gasteiger partial charge in [-0.05, 0) is 79.2 Å². The van der Waals surface area contributed by atoms with Crippen LogP contribution in [0, 0.1) is 29.6 Å². The van der Waals surface area contributed by atoms with Crippen molar-refractivity contribution in [3.05, 3.63) is 163 Å². The predicted octanol–water partition coefficient (Wildman–Crippen LogP) is 11.5. The molecule has 0 aliphatic rings. The Hall–Kier alpha value is -7.08. The van der Waals surface area contributed by atoms with Gasteiger partial charge in [-0.2, -0.15) is 10.5 Å². The van der Waals surface area contributed by atoms with Crippen molar-refractivity contribution in [2.24, 2.45) is 0 Å². The molecule has 3 heterocycles. The van der Waals surface area contributed by atoms with Crippen LogP contribution in [-0.2, 0) is 0 Å². The zero-order valence-corrected chi connectivity index (χ0v) is 27.2. The largest absolute Gasteiger partial charge is 0.454 e. The van der Waals surface area contributed by atoms with E-state index < -0.39 is 0 Å². The van der Waals surface area contributed by atoms with Crippen LogP contribution >= 0.6 is 0 Å². The number of nitrogens with zero attached hydrogens (tertiary/aromatic N) is 4. The molecule has 3 aromatic heterocycles. The number of nitriles is 2. The number of allylic oxidation sites excluding steroid dienone is 2. The Labute approximate surface area is 288 Å². The molecule has 234 valence electrons. The molecule has 0 aliphatic carbocycles. The fourth-order valence-corrected chi connectivity index (χ4v) is 7.54. The summed E-state index contributed by atoms with van der Waals surface area (Å²) >= 11 is 0. The molecular formula is C45H28N4O. The highest BCUT2D eigenvalue weighted by atomic mass is 16.3. The number of fused-ring (bicyclic) bond motifs is 8. The molecule has 5 nitrogen and oxygen atoms in total. The molecule has 0 aliphatic heterocycles. The van der Waals surface area contributed by atoms with Gasteiger partial charge in [-0.25, -0.2) is 0 Å². The molecule has 0 fully saturated rings. The Kier molecular flexibility index (Phi) is 6.56. The van der Waals surface area contributed by atoms with Gasteiger partial charge in [0.25, 0.3) is 0 Å². The molecule has 0 saturated heterocycles. The van der Waals surface area contributed by atoms with Crippen LogP contribution in [0.2, 0.25) is 0 Å². The first-order chi connectivity index (χ1) is 24.6. The lowest BCUT2D eigenvalue weighted by atomic mass is 9.96. The van der Waals surface area contributed by atoms with E-state index in [2.05, 4.69) is 95.4 Å². The van der Waals surface area contributed by atoms with E-state index in [1.54, 1.807) is 6.08 Å². The normalized spacial score (nSPS) is 11.7. The molecule has 0 amide bonds. The van der Waals surface area contributed by atoms with Crippen molar-refractivity contribution in [3.8, 4) is 34.6 Å². The third-order valence-corrected chi connectivity index (χ3v) is 9.76. The molecule has 50 heavy (non-hydrogen) atoms. The average molecular weight is 641 g/mol. The molecule has 5 heteroatoms. The summed E-state index contributed by atoms with van der Waals surface area (Å²) < 4.78 is 11.1. The summed E-state index contributed by atoms with van der Waals surface area (Å²) in [6.45, 7) is 5.92. The van der Waals surface area contributed by atoms with Crippen molar-refractivity contribution >= 4 is 60.7 Å². The summed E-state index contributed by atoms with van der Waals surface area (Å²) in [5, 5.41) is 25.4. The van der Waals surface area contributed by atoms with Crippen molar-refractivity contribution < 1.29 is 4.42 Å². The van der Waals surface area contributed by atoms with Crippen LogP contribution in [0.25, 0.3) is 83.2 Å².